The lowest BCUT2D eigenvalue weighted by atomic mass is 10.0. The van der Waals surface area contributed by atoms with E-state index in [0.717, 1.165) is 11.1 Å². The van der Waals surface area contributed by atoms with Gasteiger partial charge in [-0.15, -0.1) is 0 Å². The molecule has 0 N–H and O–H groups in total. The molecule has 1 atom stereocenters. The van der Waals surface area contributed by atoms with Crippen molar-refractivity contribution in [1.29, 1.82) is 0 Å². The van der Waals surface area contributed by atoms with Gasteiger partial charge in [-0.3, -0.25) is 14.2 Å². The van der Waals surface area contributed by atoms with Gasteiger partial charge in [-0.25, -0.2) is 4.98 Å². The predicted octanol–water partition coefficient (Wildman–Crippen LogP) is 3.70. The molecule has 132 valence electrons. The van der Waals surface area contributed by atoms with Crippen LogP contribution < -0.4 is 5.56 Å². The van der Waals surface area contributed by atoms with Crippen LogP contribution in [-0.2, 0) is 9.53 Å². The molecule has 0 saturated heterocycles. The summed E-state index contributed by atoms with van der Waals surface area (Å²) in [5.41, 5.74) is 1.79. The van der Waals surface area contributed by atoms with Crippen molar-refractivity contribution in [1.82, 2.24) is 9.55 Å². The maximum Gasteiger partial charge on any atom is 0.308 e. The number of hydrogen-bond donors (Lipinski definition) is 0. The van der Waals surface area contributed by atoms with Gasteiger partial charge in [0.25, 0.3) is 5.56 Å². The second-order valence-electron chi connectivity index (χ2n) is 7.52. The SMILES string of the molecule is CC(C)(C)OC(=O)CC1c2ccccc2-c2nc3ccccc3c(=O)n21. The molecule has 0 aliphatic carbocycles. The first-order valence-corrected chi connectivity index (χ1v) is 8.67. The number of carbonyl (C=O) groups is 1. The molecule has 1 aliphatic heterocycles. The summed E-state index contributed by atoms with van der Waals surface area (Å²) in [5, 5.41) is 0.554. The van der Waals surface area contributed by atoms with Gasteiger partial charge in [0.2, 0.25) is 0 Å². The summed E-state index contributed by atoms with van der Waals surface area (Å²) in [7, 11) is 0. The largest absolute Gasteiger partial charge is 0.460 e. The summed E-state index contributed by atoms with van der Waals surface area (Å²) in [4.78, 5) is 30.3. The average molecular weight is 348 g/mol. The fraction of sp³-hybridized carbons (Fsp3) is 0.286. The second-order valence-corrected chi connectivity index (χ2v) is 7.52. The highest BCUT2D eigenvalue weighted by atomic mass is 16.6. The lowest BCUT2D eigenvalue weighted by molar-refractivity contribution is -0.155. The Morgan fingerprint density at radius 1 is 1.12 bits per heavy atom. The second kappa shape index (κ2) is 5.80. The van der Waals surface area contributed by atoms with Gasteiger partial charge in [0.05, 0.1) is 23.4 Å². The molecule has 0 amide bonds. The number of rotatable bonds is 2. The van der Waals surface area contributed by atoms with Gasteiger partial charge in [0.1, 0.15) is 11.4 Å². The molecule has 1 aromatic heterocycles. The molecule has 0 bridgehead atoms. The highest BCUT2D eigenvalue weighted by Crippen LogP contribution is 2.39. The van der Waals surface area contributed by atoms with Crippen LogP contribution in [-0.4, -0.2) is 21.1 Å². The maximum atomic E-state index is 13.1. The number of hydrogen-bond acceptors (Lipinski definition) is 4. The monoisotopic (exact) mass is 348 g/mol. The Hall–Kier alpha value is -2.95. The van der Waals surface area contributed by atoms with Crippen LogP contribution in [0.4, 0.5) is 0 Å². The van der Waals surface area contributed by atoms with Crippen LogP contribution in [0.2, 0.25) is 0 Å². The molecule has 2 aromatic carbocycles. The highest BCUT2D eigenvalue weighted by Gasteiger charge is 2.33. The van der Waals surface area contributed by atoms with Gasteiger partial charge in [-0.05, 0) is 38.5 Å². The summed E-state index contributed by atoms with van der Waals surface area (Å²) in [6.07, 6.45) is 0.0984. The van der Waals surface area contributed by atoms with E-state index in [9.17, 15) is 9.59 Å². The van der Waals surface area contributed by atoms with Gasteiger partial charge >= 0.3 is 5.97 Å². The van der Waals surface area contributed by atoms with E-state index in [1.165, 1.54) is 0 Å². The van der Waals surface area contributed by atoms with Crippen molar-refractivity contribution in [2.24, 2.45) is 0 Å². The standard InChI is InChI=1S/C21H20N2O3/c1-21(2,3)26-18(24)12-17-13-8-4-5-9-14(13)19-22-16-11-7-6-10-15(16)20(25)23(17)19/h4-11,17H,12H2,1-3H3. The van der Waals surface area contributed by atoms with Crippen molar-refractivity contribution in [2.75, 3.05) is 0 Å². The van der Waals surface area contributed by atoms with Crippen LogP contribution in [0.15, 0.2) is 53.3 Å². The van der Waals surface area contributed by atoms with Crippen LogP contribution in [0.25, 0.3) is 22.3 Å². The van der Waals surface area contributed by atoms with E-state index in [1.54, 1.807) is 10.6 Å². The number of ether oxygens (including phenoxy) is 1. The third kappa shape index (κ3) is 2.69. The van der Waals surface area contributed by atoms with Crippen LogP contribution in [0.1, 0.15) is 38.8 Å². The molecule has 0 spiro atoms. The Bertz CT molecular complexity index is 1080. The summed E-state index contributed by atoms with van der Waals surface area (Å²) < 4.78 is 7.12. The molecular weight excluding hydrogens is 328 g/mol. The molecule has 26 heavy (non-hydrogen) atoms. The molecular formula is C21H20N2O3. The number of nitrogens with zero attached hydrogens (tertiary/aromatic N) is 2. The molecule has 1 aliphatic rings. The van der Waals surface area contributed by atoms with Gasteiger partial charge in [-0.2, -0.15) is 0 Å². The molecule has 1 unspecified atom stereocenters. The number of benzene rings is 2. The topological polar surface area (TPSA) is 61.2 Å². The number of fused-ring (bicyclic) bond motifs is 4. The molecule has 0 radical (unpaired) electrons. The molecule has 2 heterocycles. The van der Waals surface area contributed by atoms with Gasteiger partial charge in [-0.1, -0.05) is 36.4 Å². The van der Waals surface area contributed by atoms with Gasteiger partial charge < -0.3 is 4.74 Å². The van der Waals surface area contributed by atoms with E-state index in [1.807, 2.05) is 63.2 Å². The minimum atomic E-state index is -0.565. The van der Waals surface area contributed by atoms with Crippen LogP contribution in [0.5, 0.6) is 0 Å². The van der Waals surface area contributed by atoms with Crippen molar-refractivity contribution in [2.45, 2.75) is 38.8 Å². The zero-order chi connectivity index (χ0) is 18.5. The van der Waals surface area contributed by atoms with E-state index < -0.39 is 11.6 Å². The number of para-hydroxylation sites is 1. The summed E-state index contributed by atoms with van der Waals surface area (Å²) in [5.74, 6) is 0.281. The van der Waals surface area contributed by atoms with Crippen LogP contribution >= 0.6 is 0 Å². The highest BCUT2D eigenvalue weighted by molar-refractivity contribution is 5.82. The molecule has 0 fully saturated rings. The number of carbonyl (C=O) groups excluding carboxylic acids is 1. The lowest BCUT2D eigenvalue weighted by Gasteiger charge is -2.22. The Morgan fingerprint density at radius 3 is 2.58 bits per heavy atom. The van der Waals surface area contributed by atoms with Crippen molar-refractivity contribution in [3.8, 4) is 11.4 Å². The first-order chi connectivity index (χ1) is 12.3. The maximum absolute atomic E-state index is 13.1. The Balaban J connectivity index is 1.88. The summed E-state index contributed by atoms with van der Waals surface area (Å²) >= 11 is 0. The summed E-state index contributed by atoms with van der Waals surface area (Å²) in [6, 6.07) is 14.6. The number of esters is 1. The fourth-order valence-electron chi connectivity index (χ4n) is 3.50. The lowest BCUT2D eigenvalue weighted by Crippen LogP contribution is -2.29. The zero-order valence-electron chi connectivity index (χ0n) is 15.0. The summed E-state index contributed by atoms with van der Waals surface area (Å²) in [6.45, 7) is 5.51. The van der Waals surface area contributed by atoms with Crippen LogP contribution in [0, 0.1) is 0 Å². The normalized spacial score (nSPS) is 15.6. The predicted molar refractivity (Wildman–Crippen MR) is 100 cm³/mol. The van der Waals surface area contributed by atoms with E-state index in [2.05, 4.69) is 0 Å². The fourth-order valence-corrected chi connectivity index (χ4v) is 3.50. The van der Waals surface area contributed by atoms with E-state index >= 15 is 0 Å². The van der Waals surface area contributed by atoms with Gasteiger partial charge in [0.15, 0.2) is 0 Å². The first-order valence-electron chi connectivity index (χ1n) is 8.67. The van der Waals surface area contributed by atoms with Gasteiger partial charge in [0, 0.05) is 5.56 Å². The third-order valence-corrected chi connectivity index (χ3v) is 4.46. The van der Waals surface area contributed by atoms with E-state index in [-0.39, 0.29) is 17.9 Å². The average Bonchev–Trinajstić information content (AvgIpc) is 2.88. The van der Waals surface area contributed by atoms with Crippen molar-refractivity contribution < 1.29 is 9.53 Å². The van der Waals surface area contributed by atoms with Crippen molar-refractivity contribution >= 4 is 16.9 Å². The minimum Gasteiger partial charge on any atom is -0.460 e. The van der Waals surface area contributed by atoms with E-state index in [0.29, 0.717) is 16.7 Å². The Morgan fingerprint density at radius 2 is 1.81 bits per heavy atom. The number of aromatic nitrogens is 2. The molecule has 3 aromatic rings. The first kappa shape index (κ1) is 16.5. The Kier molecular flexibility index (Phi) is 3.68. The molecule has 5 nitrogen and oxygen atoms in total. The third-order valence-electron chi connectivity index (χ3n) is 4.46. The smallest absolute Gasteiger partial charge is 0.308 e. The zero-order valence-corrected chi connectivity index (χ0v) is 15.0. The molecule has 4 rings (SSSR count). The van der Waals surface area contributed by atoms with Crippen LogP contribution in [0.3, 0.4) is 0 Å². The molecule has 5 heteroatoms. The van der Waals surface area contributed by atoms with E-state index in [4.69, 9.17) is 9.72 Å². The van der Waals surface area contributed by atoms with Crippen molar-refractivity contribution in [3.63, 3.8) is 0 Å². The van der Waals surface area contributed by atoms with Crippen molar-refractivity contribution in [3.05, 3.63) is 64.4 Å². The minimum absolute atomic E-state index is 0.0984. The quantitative estimate of drug-likeness (QED) is 0.663. The molecule has 0 saturated carbocycles. The Labute approximate surface area is 151 Å².